The summed E-state index contributed by atoms with van der Waals surface area (Å²) in [6, 6.07) is 9.84. The van der Waals surface area contributed by atoms with Crippen LogP contribution in [-0.4, -0.2) is 10.9 Å². The number of hydrogen-bond donors (Lipinski definition) is 1. The van der Waals surface area contributed by atoms with Crippen LogP contribution in [-0.2, 0) is 0 Å². The summed E-state index contributed by atoms with van der Waals surface area (Å²) in [6.45, 7) is 0. The van der Waals surface area contributed by atoms with Gasteiger partial charge in [-0.3, -0.25) is 10.1 Å². The summed E-state index contributed by atoms with van der Waals surface area (Å²) in [5, 5.41) is 4.55. The largest absolute Gasteiger partial charge is 0.298 e. The van der Waals surface area contributed by atoms with E-state index in [1.165, 1.54) is 35.6 Å². The maximum Gasteiger partial charge on any atom is 0.261 e. The van der Waals surface area contributed by atoms with Gasteiger partial charge in [0.2, 0.25) is 0 Å². The Morgan fingerprint density at radius 3 is 2.57 bits per heavy atom. The molecule has 116 valence electrons. The van der Waals surface area contributed by atoms with Crippen molar-refractivity contribution < 1.29 is 13.6 Å². The number of nitrogens with zero attached hydrogens (tertiary/aromatic N) is 1. The van der Waals surface area contributed by atoms with Gasteiger partial charge in [-0.2, -0.15) is 0 Å². The molecule has 3 nitrogen and oxygen atoms in total. The first-order valence-electron chi connectivity index (χ1n) is 6.51. The van der Waals surface area contributed by atoms with E-state index < -0.39 is 11.7 Å². The Kier molecular flexibility index (Phi) is 4.36. The fourth-order valence-electron chi connectivity index (χ4n) is 1.96. The molecule has 0 spiro atoms. The maximum atomic E-state index is 13.7. The Labute approximate surface area is 139 Å². The van der Waals surface area contributed by atoms with Gasteiger partial charge in [0, 0.05) is 10.9 Å². The van der Waals surface area contributed by atoms with Crippen LogP contribution in [0.1, 0.15) is 10.4 Å². The Balaban J connectivity index is 1.82. The number of aromatic nitrogens is 1. The van der Waals surface area contributed by atoms with E-state index in [-0.39, 0.29) is 16.4 Å². The second-order valence-corrected chi connectivity index (χ2v) is 5.86. The number of halogens is 3. The van der Waals surface area contributed by atoms with Gasteiger partial charge in [-0.15, -0.1) is 11.3 Å². The highest BCUT2D eigenvalue weighted by molar-refractivity contribution is 7.14. The molecule has 0 saturated heterocycles. The van der Waals surface area contributed by atoms with Gasteiger partial charge < -0.3 is 0 Å². The minimum absolute atomic E-state index is 0.0258. The predicted octanol–water partition coefficient (Wildman–Crippen LogP) is 4.99. The predicted molar refractivity (Wildman–Crippen MR) is 86.9 cm³/mol. The Bertz CT molecular complexity index is 845. The van der Waals surface area contributed by atoms with Gasteiger partial charge in [0.1, 0.15) is 11.6 Å². The van der Waals surface area contributed by atoms with Crippen molar-refractivity contribution in [2.45, 2.75) is 0 Å². The molecule has 1 amide bonds. The number of hydrogen-bond acceptors (Lipinski definition) is 3. The van der Waals surface area contributed by atoms with E-state index in [1.807, 2.05) is 0 Å². The number of benzene rings is 2. The molecular weight excluding hydrogens is 342 g/mol. The highest BCUT2D eigenvalue weighted by Crippen LogP contribution is 2.26. The highest BCUT2D eigenvalue weighted by atomic mass is 35.5. The van der Waals surface area contributed by atoms with Gasteiger partial charge in [-0.25, -0.2) is 13.8 Å². The van der Waals surface area contributed by atoms with Crippen LogP contribution in [0.2, 0.25) is 5.02 Å². The average molecular weight is 351 g/mol. The SMILES string of the molecule is O=C(Nc1nc(-c2ccc(F)cc2)cs1)c1c(F)cccc1Cl. The molecule has 0 aliphatic rings. The molecule has 2 aromatic carbocycles. The summed E-state index contributed by atoms with van der Waals surface area (Å²) in [5.41, 5.74) is 1.07. The summed E-state index contributed by atoms with van der Waals surface area (Å²) in [7, 11) is 0. The first-order chi connectivity index (χ1) is 11.0. The normalized spacial score (nSPS) is 10.6. The lowest BCUT2D eigenvalue weighted by molar-refractivity contribution is 0.102. The van der Waals surface area contributed by atoms with Crippen LogP contribution >= 0.6 is 22.9 Å². The van der Waals surface area contributed by atoms with Crippen LogP contribution in [0.5, 0.6) is 0 Å². The zero-order chi connectivity index (χ0) is 16.4. The molecule has 1 N–H and O–H groups in total. The third-order valence-corrected chi connectivity index (χ3v) is 4.13. The van der Waals surface area contributed by atoms with Crippen molar-refractivity contribution in [1.82, 2.24) is 4.98 Å². The van der Waals surface area contributed by atoms with Gasteiger partial charge in [-0.05, 0) is 36.4 Å². The molecule has 0 radical (unpaired) electrons. The molecule has 3 rings (SSSR count). The average Bonchev–Trinajstić information content (AvgIpc) is 2.96. The number of anilines is 1. The molecule has 0 aliphatic heterocycles. The van der Waals surface area contributed by atoms with Gasteiger partial charge in [-0.1, -0.05) is 17.7 Å². The van der Waals surface area contributed by atoms with E-state index in [2.05, 4.69) is 10.3 Å². The van der Waals surface area contributed by atoms with Crippen molar-refractivity contribution in [3.05, 3.63) is 70.1 Å². The number of carbonyl (C=O) groups is 1. The first kappa shape index (κ1) is 15.6. The maximum absolute atomic E-state index is 13.7. The van der Waals surface area contributed by atoms with Gasteiger partial charge in [0.25, 0.3) is 5.91 Å². The molecule has 0 unspecified atom stereocenters. The fourth-order valence-corrected chi connectivity index (χ4v) is 2.92. The monoisotopic (exact) mass is 350 g/mol. The molecule has 1 heterocycles. The van der Waals surface area contributed by atoms with E-state index >= 15 is 0 Å². The molecule has 23 heavy (non-hydrogen) atoms. The number of rotatable bonds is 3. The molecule has 0 saturated carbocycles. The minimum Gasteiger partial charge on any atom is -0.298 e. The van der Waals surface area contributed by atoms with E-state index in [0.717, 1.165) is 6.07 Å². The number of nitrogens with one attached hydrogen (secondary N) is 1. The topological polar surface area (TPSA) is 42.0 Å². The number of thiazole rings is 1. The molecule has 0 fully saturated rings. The molecule has 0 bridgehead atoms. The Hall–Kier alpha value is -2.31. The molecule has 1 aromatic heterocycles. The summed E-state index contributed by atoms with van der Waals surface area (Å²) >= 11 is 7.03. The molecule has 7 heteroatoms. The van der Waals surface area contributed by atoms with Gasteiger partial charge in [0.15, 0.2) is 5.13 Å². The third kappa shape index (κ3) is 3.38. The lowest BCUT2D eigenvalue weighted by Gasteiger charge is -2.05. The van der Waals surface area contributed by atoms with Crippen LogP contribution in [0, 0.1) is 11.6 Å². The lowest BCUT2D eigenvalue weighted by Crippen LogP contribution is -2.14. The van der Waals surface area contributed by atoms with Gasteiger partial charge in [0.05, 0.1) is 16.3 Å². The van der Waals surface area contributed by atoms with E-state index in [0.29, 0.717) is 16.4 Å². The molecule has 0 aliphatic carbocycles. The van der Waals surface area contributed by atoms with Crippen LogP contribution in [0.15, 0.2) is 47.8 Å². The van der Waals surface area contributed by atoms with Gasteiger partial charge >= 0.3 is 0 Å². The van der Waals surface area contributed by atoms with Crippen LogP contribution in [0.25, 0.3) is 11.3 Å². The second kappa shape index (κ2) is 6.44. The zero-order valence-corrected chi connectivity index (χ0v) is 13.1. The first-order valence-corrected chi connectivity index (χ1v) is 7.77. The van der Waals surface area contributed by atoms with E-state index in [1.54, 1.807) is 17.5 Å². The summed E-state index contributed by atoms with van der Waals surface area (Å²) in [6.07, 6.45) is 0. The van der Waals surface area contributed by atoms with Crippen molar-refractivity contribution in [2.24, 2.45) is 0 Å². The van der Waals surface area contributed by atoms with E-state index in [9.17, 15) is 13.6 Å². The smallest absolute Gasteiger partial charge is 0.261 e. The van der Waals surface area contributed by atoms with Crippen molar-refractivity contribution in [3.8, 4) is 11.3 Å². The van der Waals surface area contributed by atoms with Crippen molar-refractivity contribution in [3.63, 3.8) is 0 Å². The molecule has 3 aromatic rings. The standard InChI is InChI=1S/C16H9ClF2N2OS/c17-11-2-1-3-12(19)14(11)15(22)21-16-20-13(8-23-16)9-4-6-10(18)7-5-9/h1-8H,(H,20,21,22). The summed E-state index contributed by atoms with van der Waals surface area (Å²) in [5.74, 6) is -1.72. The lowest BCUT2D eigenvalue weighted by atomic mass is 10.2. The van der Waals surface area contributed by atoms with Crippen LogP contribution < -0.4 is 5.32 Å². The minimum atomic E-state index is -0.703. The van der Waals surface area contributed by atoms with Crippen LogP contribution in [0.4, 0.5) is 13.9 Å². The Morgan fingerprint density at radius 1 is 1.13 bits per heavy atom. The van der Waals surface area contributed by atoms with Crippen molar-refractivity contribution in [1.29, 1.82) is 0 Å². The number of amides is 1. The molecule has 0 atom stereocenters. The Morgan fingerprint density at radius 2 is 1.87 bits per heavy atom. The number of carbonyl (C=O) groups excluding carboxylic acids is 1. The third-order valence-electron chi connectivity index (χ3n) is 3.05. The zero-order valence-electron chi connectivity index (χ0n) is 11.5. The summed E-state index contributed by atoms with van der Waals surface area (Å²) < 4.78 is 26.6. The van der Waals surface area contributed by atoms with Crippen molar-refractivity contribution in [2.75, 3.05) is 5.32 Å². The second-order valence-electron chi connectivity index (χ2n) is 4.60. The molecular formula is C16H9ClF2N2OS. The highest BCUT2D eigenvalue weighted by Gasteiger charge is 2.17. The van der Waals surface area contributed by atoms with Crippen molar-refractivity contribution >= 4 is 34.0 Å². The fraction of sp³-hybridized carbons (Fsp3) is 0. The van der Waals surface area contributed by atoms with E-state index in [4.69, 9.17) is 11.6 Å². The quantitative estimate of drug-likeness (QED) is 0.722. The summed E-state index contributed by atoms with van der Waals surface area (Å²) in [4.78, 5) is 16.4. The van der Waals surface area contributed by atoms with Crippen LogP contribution in [0.3, 0.4) is 0 Å².